The summed E-state index contributed by atoms with van der Waals surface area (Å²) in [6.45, 7) is 4.54. The van der Waals surface area contributed by atoms with E-state index in [1.54, 1.807) is 25.1 Å². The molecule has 0 unspecified atom stereocenters. The summed E-state index contributed by atoms with van der Waals surface area (Å²) >= 11 is 1.23. The lowest BCUT2D eigenvalue weighted by Crippen LogP contribution is -2.39. The number of anilines is 1. The largest absolute Gasteiger partial charge is 0.320 e. The van der Waals surface area contributed by atoms with Crippen LogP contribution in [0.15, 0.2) is 53.4 Å². The van der Waals surface area contributed by atoms with Gasteiger partial charge in [0, 0.05) is 24.7 Å². The molecule has 4 rings (SSSR count). The zero-order valence-electron chi connectivity index (χ0n) is 17.4. The molecule has 1 saturated heterocycles. The van der Waals surface area contributed by atoms with Gasteiger partial charge in [0.05, 0.1) is 4.90 Å². The maximum Gasteiger partial charge on any atom is 0.286 e. The van der Waals surface area contributed by atoms with Gasteiger partial charge in [-0.1, -0.05) is 47.7 Å². The zero-order valence-corrected chi connectivity index (χ0v) is 19.0. The monoisotopic (exact) mass is 456 g/mol. The maximum absolute atomic E-state index is 13.2. The van der Waals surface area contributed by atoms with Crippen LogP contribution in [0.25, 0.3) is 0 Å². The Morgan fingerprint density at radius 1 is 1.06 bits per heavy atom. The number of hydrogen-bond acceptors (Lipinski definition) is 6. The van der Waals surface area contributed by atoms with E-state index in [9.17, 15) is 13.2 Å². The fraction of sp³-hybridized carbons (Fsp3) is 0.318. The third-order valence-corrected chi connectivity index (χ3v) is 8.58. The van der Waals surface area contributed by atoms with Crippen molar-refractivity contribution in [3.05, 3.63) is 69.7 Å². The topological polar surface area (TPSA) is 92.3 Å². The molecule has 1 aromatic heterocycles. The predicted octanol–water partition coefficient (Wildman–Crippen LogP) is 3.98. The molecule has 0 bridgehead atoms. The van der Waals surface area contributed by atoms with Crippen LogP contribution < -0.4 is 5.32 Å². The SMILES string of the molecule is Cc1ccccc1NC(=O)c1nnc([C@H]2CCCN(S(=O)(=O)c3ccccc3C)C2)s1. The Balaban J connectivity index is 1.50. The first kappa shape index (κ1) is 21.6. The van der Waals surface area contributed by atoms with Gasteiger partial charge in [-0.25, -0.2) is 8.42 Å². The Bertz CT molecular complexity index is 1210. The highest BCUT2D eigenvalue weighted by molar-refractivity contribution is 7.89. The minimum absolute atomic E-state index is 0.0787. The summed E-state index contributed by atoms with van der Waals surface area (Å²) in [6.07, 6.45) is 1.55. The van der Waals surface area contributed by atoms with Crippen LogP contribution in [-0.4, -0.2) is 41.9 Å². The second kappa shape index (κ2) is 8.86. The molecule has 1 atom stereocenters. The van der Waals surface area contributed by atoms with Crippen molar-refractivity contribution in [2.24, 2.45) is 0 Å². The Morgan fingerprint density at radius 3 is 2.52 bits per heavy atom. The fourth-order valence-electron chi connectivity index (χ4n) is 3.73. The van der Waals surface area contributed by atoms with E-state index in [0.29, 0.717) is 23.0 Å². The highest BCUT2D eigenvalue weighted by Crippen LogP contribution is 2.32. The maximum atomic E-state index is 13.2. The molecule has 162 valence electrons. The first-order valence-corrected chi connectivity index (χ1v) is 12.4. The Labute approximate surface area is 186 Å². The molecular formula is C22H24N4O3S2. The molecule has 7 nitrogen and oxygen atoms in total. The van der Waals surface area contributed by atoms with Crippen LogP contribution in [0.3, 0.4) is 0 Å². The van der Waals surface area contributed by atoms with Crippen molar-refractivity contribution in [3.63, 3.8) is 0 Å². The summed E-state index contributed by atoms with van der Waals surface area (Å²) in [6, 6.07) is 14.6. The van der Waals surface area contributed by atoms with E-state index >= 15 is 0 Å². The van der Waals surface area contributed by atoms with Crippen molar-refractivity contribution in [2.75, 3.05) is 18.4 Å². The molecule has 2 heterocycles. The molecule has 1 aliphatic heterocycles. The molecule has 1 aliphatic rings. The lowest BCUT2D eigenvalue weighted by molar-refractivity contribution is 0.102. The summed E-state index contributed by atoms with van der Waals surface area (Å²) in [5.41, 5.74) is 2.43. The van der Waals surface area contributed by atoms with Crippen LogP contribution in [0.4, 0.5) is 5.69 Å². The van der Waals surface area contributed by atoms with Gasteiger partial charge >= 0.3 is 0 Å². The van der Waals surface area contributed by atoms with E-state index in [0.717, 1.165) is 29.7 Å². The Morgan fingerprint density at radius 2 is 1.77 bits per heavy atom. The van der Waals surface area contributed by atoms with Crippen molar-refractivity contribution in [3.8, 4) is 0 Å². The van der Waals surface area contributed by atoms with Gasteiger partial charge < -0.3 is 5.32 Å². The van der Waals surface area contributed by atoms with E-state index in [2.05, 4.69) is 15.5 Å². The summed E-state index contributed by atoms with van der Waals surface area (Å²) in [4.78, 5) is 12.9. The number of nitrogens with one attached hydrogen (secondary N) is 1. The number of aryl methyl sites for hydroxylation is 2. The fourth-order valence-corrected chi connectivity index (χ4v) is 6.34. The summed E-state index contributed by atoms with van der Waals surface area (Å²) in [5, 5.41) is 12.1. The van der Waals surface area contributed by atoms with Gasteiger partial charge in [0.1, 0.15) is 5.01 Å². The molecule has 1 N–H and O–H groups in total. The minimum atomic E-state index is -3.58. The lowest BCUT2D eigenvalue weighted by Gasteiger charge is -2.31. The van der Waals surface area contributed by atoms with Gasteiger partial charge in [-0.3, -0.25) is 4.79 Å². The number of nitrogens with zero attached hydrogens (tertiary/aromatic N) is 3. The number of aromatic nitrogens is 2. The van der Waals surface area contributed by atoms with E-state index in [1.807, 2.05) is 37.3 Å². The molecule has 0 radical (unpaired) electrons. The number of piperidine rings is 1. The second-order valence-electron chi connectivity index (χ2n) is 7.68. The lowest BCUT2D eigenvalue weighted by atomic mass is 10.0. The van der Waals surface area contributed by atoms with Crippen LogP contribution in [0.2, 0.25) is 0 Å². The Hall–Kier alpha value is -2.62. The number of hydrogen-bond donors (Lipinski definition) is 1. The van der Waals surface area contributed by atoms with Crippen LogP contribution >= 0.6 is 11.3 Å². The molecule has 31 heavy (non-hydrogen) atoms. The molecule has 0 aliphatic carbocycles. The molecule has 9 heteroatoms. The van der Waals surface area contributed by atoms with Gasteiger partial charge in [0.25, 0.3) is 5.91 Å². The molecule has 3 aromatic rings. The van der Waals surface area contributed by atoms with Crippen LogP contribution in [0.1, 0.15) is 44.7 Å². The Kier molecular flexibility index (Phi) is 6.17. The molecule has 2 aromatic carbocycles. The van der Waals surface area contributed by atoms with E-state index in [1.165, 1.54) is 15.6 Å². The van der Waals surface area contributed by atoms with Crippen molar-refractivity contribution < 1.29 is 13.2 Å². The molecule has 0 saturated carbocycles. The average Bonchev–Trinajstić information content (AvgIpc) is 3.26. The number of carbonyl (C=O) groups is 1. The van der Waals surface area contributed by atoms with Crippen LogP contribution in [0.5, 0.6) is 0 Å². The van der Waals surface area contributed by atoms with Gasteiger partial charge in [0.15, 0.2) is 0 Å². The number of benzene rings is 2. The number of rotatable bonds is 5. The van der Waals surface area contributed by atoms with Gasteiger partial charge in [-0.15, -0.1) is 10.2 Å². The van der Waals surface area contributed by atoms with Crippen molar-refractivity contribution in [2.45, 2.75) is 37.5 Å². The molecule has 1 fully saturated rings. The highest BCUT2D eigenvalue weighted by Gasteiger charge is 2.33. The van der Waals surface area contributed by atoms with Gasteiger partial charge in [-0.2, -0.15) is 4.31 Å². The first-order valence-electron chi connectivity index (χ1n) is 10.1. The highest BCUT2D eigenvalue weighted by atomic mass is 32.2. The normalized spacial score (nSPS) is 17.4. The van der Waals surface area contributed by atoms with Crippen molar-refractivity contribution in [1.29, 1.82) is 0 Å². The number of carbonyl (C=O) groups excluding carboxylic acids is 1. The summed E-state index contributed by atoms with van der Waals surface area (Å²) in [5.74, 6) is -0.386. The van der Waals surface area contributed by atoms with Crippen molar-refractivity contribution >= 4 is 33.0 Å². The minimum Gasteiger partial charge on any atom is -0.320 e. The van der Waals surface area contributed by atoms with E-state index in [4.69, 9.17) is 0 Å². The quantitative estimate of drug-likeness (QED) is 0.627. The summed E-state index contributed by atoms with van der Waals surface area (Å²) < 4.78 is 27.9. The third kappa shape index (κ3) is 4.53. The molecular weight excluding hydrogens is 432 g/mol. The van der Waals surface area contributed by atoms with E-state index < -0.39 is 10.0 Å². The second-order valence-corrected chi connectivity index (χ2v) is 10.6. The number of amides is 1. The molecule has 1 amide bonds. The van der Waals surface area contributed by atoms with E-state index in [-0.39, 0.29) is 16.8 Å². The predicted molar refractivity (Wildman–Crippen MR) is 121 cm³/mol. The standard InChI is InChI=1S/C22H24N4O3S2/c1-15-8-3-5-11-18(15)23-20(27)22-25-24-21(30-22)17-10-7-13-26(14-17)31(28,29)19-12-6-4-9-16(19)2/h3-6,8-9,11-12,17H,7,10,13-14H2,1-2H3,(H,23,27)/t17-/m0/s1. The first-order chi connectivity index (χ1) is 14.9. The third-order valence-electron chi connectivity index (χ3n) is 5.47. The van der Waals surface area contributed by atoms with Gasteiger partial charge in [0.2, 0.25) is 15.0 Å². The number of para-hydroxylation sites is 1. The van der Waals surface area contributed by atoms with Crippen molar-refractivity contribution in [1.82, 2.24) is 14.5 Å². The van der Waals surface area contributed by atoms with Crippen LogP contribution in [0, 0.1) is 13.8 Å². The number of sulfonamides is 1. The van der Waals surface area contributed by atoms with Gasteiger partial charge in [-0.05, 0) is 49.9 Å². The van der Waals surface area contributed by atoms with Crippen LogP contribution in [-0.2, 0) is 10.0 Å². The summed E-state index contributed by atoms with van der Waals surface area (Å²) in [7, 11) is -3.58. The molecule has 0 spiro atoms. The smallest absolute Gasteiger partial charge is 0.286 e. The average molecular weight is 457 g/mol. The zero-order chi connectivity index (χ0) is 22.0.